The van der Waals surface area contributed by atoms with Gasteiger partial charge in [-0.3, -0.25) is 9.36 Å². The van der Waals surface area contributed by atoms with Crippen molar-refractivity contribution >= 4 is 24.5 Å². The van der Waals surface area contributed by atoms with Crippen molar-refractivity contribution in [3.8, 4) is 17.0 Å². The van der Waals surface area contributed by atoms with E-state index in [0.717, 1.165) is 24.0 Å². The lowest BCUT2D eigenvalue weighted by Gasteiger charge is -2.39. The van der Waals surface area contributed by atoms with Crippen LogP contribution >= 0.6 is 19.2 Å². The van der Waals surface area contributed by atoms with Crippen LogP contribution in [-0.4, -0.2) is 21.0 Å². The first-order valence-electron chi connectivity index (χ1n) is 9.71. The van der Waals surface area contributed by atoms with Crippen LogP contribution in [0.1, 0.15) is 52.1 Å². The monoisotopic (exact) mass is 439 g/mol. The van der Waals surface area contributed by atoms with E-state index in [1.807, 2.05) is 10.6 Å². The van der Waals surface area contributed by atoms with Gasteiger partial charge in [-0.2, -0.15) is 0 Å². The van der Waals surface area contributed by atoms with Crippen molar-refractivity contribution in [1.29, 1.82) is 0 Å². The molecule has 29 heavy (non-hydrogen) atoms. The van der Waals surface area contributed by atoms with Crippen molar-refractivity contribution < 1.29 is 19.1 Å². The smallest absolute Gasteiger partial charge is 0.361 e. The molecule has 0 spiro atoms. The van der Waals surface area contributed by atoms with E-state index in [1.165, 1.54) is 12.3 Å². The minimum atomic E-state index is -4.68. The van der Waals surface area contributed by atoms with E-state index in [2.05, 4.69) is 27.7 Å². The second-order valence-corrected chi connectivity index (χ2v) is 10.6. The van der Waals surface area contributed by atoms with E-state index < -0.39 is 18.3 Å². The fourth-order valence-corrected chi connectivity index (χ4v) is 4.55. The molecule has 0 aliphatic carbocycles. The summed E-state index contributed by atoms with van der Waals surface area (Å²) in [4.78, 5) is 31.7. The summed E-state index contributed by atoms with van der Waals surface area (Å²) in [6.07, 6.45) is 3.90. The van der Waals surface area contributed by atoms with E-state index in [1.54, 1.807) is 6.07 Å². The zero-order valence-electron chi connectivity index (χ0n) is 17.1. The van der Waals surface area contributed by atoms with E-state index >= 15 is 0 Å². The molecule has 1 atom stereocenters. The Bertz CT molecular complexity index is 1030. The number of ether oxygens (including phenoxy) is 1. The normalized spacial score (nSPS) is 16.3. The summed E-state index contributed by atoms with van der Waals surface area (Å²) in [5.41, 5.74) is 1.51. The van der Waals surface area contributed by atoms with E-state index in [9.17, 15) is 19.1 Å². The summed E-state index contributed by atoms with van der Waals surface area (Å²) >= 11 is 6.44. The van der Waals surface area contributed by atoms with Crippen LogP contribution in [0, 0.1) is 5.41 Å². The number of pyridine rings is 1. The van der Waals surface area contributed by atoms with Gasteiger partial charge in [0.05, 0.1) is 17.3 Å². The van der Waals surface area contributed by atoms with Gasteiger partial charge in [0.25, 0.3) is 0 Å². The van der Waals surface area contributed by atoms with Gasteiger partial charge in [0.1, 0.15) is 11.1 Å². The van der Waals surface area contributed by atoms with Crippen LogP contribution in [0.3, 0.4) is 0 Å². The molecule has 0 radical (unpaired) electrons. The predicted octanol–water partition coefficient (Wildman–Crippen LogP) is 4.29. The van der Waals surface area contributed by atoms with Crippen LogP contribution in [0.2, 0.25) is 5.02 Å². The third kappa shape index (κ3) is 4.46. The average Bonchev–Trinajstić information content (AvgIpc) is 2.59. The first kappa shape index (κ1) is 22.1. The molecule has 0 amide bonds. The van der Waals surface area contributed by atoms with Gasteiger partial charge < -0.3 is 19.1 Å². The summed E-state index contributed by atoms with van der Waals surface area (Å²) in [5.74, 6) is 0.620. The average molecular weight is 440 g/mol. The van der Waals surface area contributed by atoms with Crippen LogP contribution in [0.5, 0.6) is 5.75 Å². The molecule has 3 rings (SSSR count). The van der Waals surface area contributed by atoms with Gasteiger partial charge in [0, 0.05) is 23.9 Å². The lowest BCUT2D eigenvalue weighted by atomic mass is 9.79. The van der Waals surface area contributed by atoms with Crippen LogP contribution < -0.4 is 15.5 Å². The van der Waals surface area contributed by atoms with Crippen LogP contribution in [0.4, 0.5) is 0 Å². The number of unbranched alkanes of at least 4 members (excludes halogenated alkanes) is 1. The zero-order valence-corrected chi connectivity index (χ0v) is 18.8. The van der Waals surface area contributed by atoms with Crippen molar-refractivity contribution in [2.75, 3.05) is 6.61 Å². The molecule has 158 valence electrons. The number of halogens is 1. The highest BCUT2D eigenvalue weighted by Crippen LogP contribution is 2.45. The second-order valence-electron chi connectivity index (χ2n) is 8.59. The highest BCUT2D eigenvalue weighted by atomic mass is 35.5. The van der Waals surface area contributed by atoms with Crippen molar-refractivity contribution in [2.24, 2.45) is 5.41 Å². The molecule has 1 aliphatic rings. The molecular formula is C21H27ClNO5P. The van der Waals surface area contributed by atoms with Crippen molar-refractivity contribution in [3.05, 3.63) is 45.2 Å². The van der Waals surface area contributed by atoms with E-state index in [4.69, 9.17) is 16.3 Å². The minimum Gasteiger partial charge on any atom is -0.492 e. The summed E-state index contributed by atoms with van der Waals surface area (Å²) in [6, 6.07) is 4.91. The first-order chi connectivity index (χ1) is 13.4. The maximum atomic E-state index is 12.5. The maximum Gasteiger partial charge on any atom is 0.361 e. The highest BCUT2D eigenvalue weighted by Gasteiger charge is 2.35. The number of nitrogens with zero attached hydrogens (tertiary/aromatic N) is 1. The molecule has 1 aromatic heterocycles. The van der Waals surface area contributed by atoms with Crippen molar-refractivity contribution in [2.45, 2.75) is 53.0 Å². The summed E-state index contributed by atoms with van der Waals surface area (Å²) in [7, 11) is -4.68. The van der Waals surface area contributed by atoms with Gasteiger partial charge in [-0.1, -0.05) is 45.7 Å². The fourth-order valence-electron chi connectivity index (χ4n) is 3.70. The topological polar surface area (TPSA) is 88.8 Å². The Kier molecular flexibility index (Phi) is 6.03. The van der Waals surface area contributed by atoms with Crippen molar-refractivity contribution in [3.63, 3.8) is 0 Å². The Hall–Kier alpha value is -1.59. The van der Waals surface area contributed by atoms with Gasteiger partial charge in [0.15, 0.2) is 5.43 Å². The Labute approximate surface area is 175 Å². The zero-order chi connectivity index (χ0) is 21.6. The van der Waals surface area contributed by atoms with Crippen LogP contribution in [0.25, 0.3) is 11.3 Å². The Morgan fingerprint density at radius 3 is 2.55 bits per heavy atom. The predicted molar refractivity (Wildman–Crippen MR) is 115 cm³/mol. The SMILES string of the molecule is CCCCOc1cc2c(cc1Cl)-c1cc(=O)c(P(=O)(O)O)cn1C(C(C)(C)C)C2. The Morgan fingerprint density at radius 1 is 1.28 bits per heavy atom. The number of fused-ring (bicyclic) bond motifs is 3. The summed E-state index contributed by atoms with van der Waals surface area (Å²) in [5, 5.41) is -0.0308. The molecule has 2 aromatic rings. The molecule has 1 aliphatic heterocycles. The minimum absolute atomic E-state index is 0.0967. The molecule has 1 unspecified atom stereocenters. The van der Waals surface area contributed by atoms with Gasteiger partial charge in [-0.05, 0) is 36.0 Å². The number of aromatic nitrogens is 1. The standard InChI is InChI=1S/C21H27ClNO5P/c1-5-6-7-28-18-8-13-9-20(21(2,3)4)23-12-19(29(25,26)27)17(24)11-16(23)14(13)10-15(18)22/h8,10-12,20H,5-7,9H2,1-4H3,(H2,25,26,27). The molecule has 1 aromatic carbocycles. The maximum absolute atomic E-state index is 12.5. The Morgan fingerprint density at radius 2 is 1.97 bits per heavy atom. The lowest BCUT2D eigenvalue weighted by molar-refractivity contribution is 0.237. The number of benzene rings is 1. The number of rotatable bonds is 5. The lowest BCUT2D eigenvalue weighted by Crippen LogP contribution is -2.35. The fraction of sp³-hybridized carbons (Fsp3) is 0.476. The van der Waals surface area contributed by atoms with Gasteiger partial charge in [0.2, 0.25) is 0 Å². The second kappa shape index (κ2) is 7.92. The summed E-state index contributed by atoms with van der Waals surface area (Å²) < 4.78 is 19.5. The molecule has 0 bridgehead atoms. The number of hydrogen-bond donors (Lipinski definition) is 2. The van der Waals surface area contributed by atoms with Gasteiger partial charge >= 0.3 is 7.60 Å². The van der Waals surface area contributed by atoms with E-state index in [0.29, 0.717) is 29.5 Å². The quantitative estimate of drug-likeness (QED) is 0.535. The largest absolute Gasteiger partial charge is 0.492 e. The molecule has 0 saturated heterocycles. The molecule has 0 saturated carbocycles. The van der Waals surface area contributed by atoms with Crippen LogP contribution in [0.15, 0.2) is 29.2 Å². The third-order valence-electron chi connectivity index (χ3n) is 5.31. The molecule has 6 nitrogen and oxygen atoms in total. The molecule has 0 fully saturated rings. The Balaban J connectivity index is 2.20. The van der Waals surface area contributed by atoms with Crippen molar-refractivity contribution in [1.82, 2.24) is 4.57 Å². The molecule has 2 heterocycles. The first-order valence-corrected chi connectivity index (χ1v) is 11.7. The summed E-state index contributed by atoms with van der Waals surface area (Å²) in [6.45, 7) is 8.87. The molecule has 2 N–H and O–H groups in total. The molecule has 8 heteroatoms. The van der Waals surface area contributed by atoms with Gasteiger partial charge in [-0.15, -0.1) is 0 Å². The van der Waals surface area contributed by atoms with E-state index in [-0.39, 0.29) is 11.5 Å². The highest BCUT2D eigenvalue weighted by molar-refractivity contribution is 7.60. The third-order valence-corrected chi connectivity index (χ3v) is 6.57. The van der Waals surface area contributed by atoms with Crippen LogP contribution in [-0.2, 0) is 11.0 Å². The number of hydrogen-bond acceptors (Lipinski definition) is 3. The molecular weight excluding hydrogens is 413 g/mol. The van der Waals surface area contributed by atoms with Gasteiger partial charge in [-0.25, -0.2) is 0 Å².